The highest BCUT2D eigenvalue weighted by molar-refractivity contribution is 7.09. The van der Waals surface area contributed by atoms with E-state index in [0.29, 0.717) is 12.2 Å². The van der Waals surface area contributed by atoms with Crippen LogP contribution >= 0.6 is 11.3 Å². The van der Waals surface area contributed by atoms with E-state index in [0.717, 1.165) is 43.3 Å². The van der Waals surface area contributed by atoms with Crippen molar-refractivity contribution in [1.82, 2.24) is 14.8 Å². The quantitative estimate of drug-likeness (QED) is 0.603. The first-order valence-corrected chi connectivity index (χ1v) is 11.2. The summed E-state index contributed by atoms with van der Waals surface area (Å²) >= 11 is 1.58. The van der Waals surface area contributed by atoms with Gasteiger partial charge in [0.2, 0.25) is 0 Å². The van der Waals surface area contributed by atoms with E-state index in [2.05, 4.69) is 46.0 Å². The maximum Gasteiger partial charge on any atom is 0.273 e. The van der Waals surface area contributed by atoms with Crippen LogP contribution in [-0.2, 0) is 13.1 Å². The molecule has 0 radical (unpaired) electrons. The highest BCUT2D eigenvalue weighted by Crippen LogP contribution is 2.19. The Morgan fingerprint density at radius 1 is 1.03 bits per heavy atom. The largest absolute Gasteiger partial charge is 0.369 e. The molecule has 156 valence electrons. The highest BCUT2D eigenvalue weighted by atomic mass is 32.1. The molecular weight excluding hydrogens is 392 g/mol. The molecule has 0 bridgehead atoms. The Morgan fingerprint density at radius 2 is 1.73 bits per heavy atom. The second-order valence-electron chi connectivity index (χ2n) is 7.87. The molecule has 0 atom stereocenters. The van der Waals surface area contributed by atoms with Gasteiger partial charge in [0.15, 0.2) is 0 Å². The summed E-state index contributed by atoms with van der Waals surface area (Å²) in [5.41, 5.74) is 4.26. The van der Waals surface area contributed by atoms with Crippen molar-refractivity contribution in [1.29, 1.82) is 0 Å². The number of amides is 1. The van der Waals surface area contributed by atoms with Crippen LogP contribution in [-0.4, -0.2) is 53.9 Å². The number of hydrogen-bond donors (Lipinski definition) is 0. The third kappa shape index (κ3) is 5.07. The molecule has 3 aromatic rings. The summed E-state index contributed by atoms with van der Waals surface area (Å²) in [5.74, 6) is -0.0226. The van der Waals surface area contributed by atoms with E-state index in [1.165, 1.54) is 11.3 Å². The average molecular weight is 421 g/mol. The van der Waals surface area contributed by atoms with Crippen LogP contribution in [0.1, 0.15) is 26.6 Å². The summed E-state index contributed by atoms with van der Waals surface area (Å²) in [5, 5.41) is 2.90. The lowest BCUT2D eigenvalue weighted by molar-refractivity contribution is 0.0779. The van der Waals surface area contributed by atoms with Crippen molar-refractivity contribution < 1.29 is 4.79 Å². The number of anilines is 1. The average Bonchev–Trinajstić information content (AvgIpc) is 3.23. The molecule has 0 N–H and O–H groups in total. The van der Waals surface area contributed by atoms with Crippen molar-refractivity contribution >= 4 is 22.9 Å². The Balaban J connectivity index is 1.29. The van der Waals surface area contributed by atoms with Gasteiger partial charge in [0.1, 0.15) is 10.7 Å². The van der Waals surface area contributed by atoms with Gasteiger partial charge in [0.25, 0.3) is 5.91 Å². The zero-order valence-electron chi connectivity index (χ0n) is 17.6. The molecule has 2 heterocycles. The smallest absolute Gasteiger partial charge is 0.273 e. The van der Waals surface area contributed by atoms with E-state index < -0.39 is 0 Å². The van der Waals surface area contributed by atoms with Crippen LogP contribution in [0.5, 0.6) is 0 Å². The minimum atomic E-state index is -0.0226. The van der Waals surface area contributed by atoms with Crippen LogP contribution in [0.3, 0.4) is 0 Å². The van der Waals surface area contributed by atoms with Crippen LogP contribution in [0.15, 0.2) is 60.0 Å². The Labute approximate surface area is 182 Å². The van der Waals surface area contributed by atoms with Gasteiger partial charge in [0, 0.05) is 50.8 Å². The van der Waals surface area contributed by atoms with Crippen LogP contribution in [0.2, 0.25) is 0 Å². The fraction of sp³-hybridized carbons (Fsp3) is 0.333. The lowest BCUT2D eigenvalue weighted by Crippen LogP contribution is -2.45. The molecule has 0 saturated carbocycles. The van der Waals surface area contributed by atoms with E-state index in [4.69, 9.17) is 0 Å². The number of thiazole rings is 1. The Hall–Kier alpha value is -2.70. The lowest BCUT2D eigenvalue weighted by atomic mass is 10.2. The van der Waals surface area contributed by atoms with E-state index in [-0.39, 0.29) is 5.91 Å². The van der Waals surface area contributed by atoms with Gasteiger partial charge < -0.3 is 9.80 Å². The van der Waals surface area contributed by atoms with Gasteiger partial charge in [-0.25, -0.2) is 4.98 Å². The van der Waals surface area contributed by atoms with Gasteiger partial charge in [-0.3, -0.25) is 9.69 Å². The normalized spacial score (nSPS) is 14.7. The molecule has 5 nitrogen and oxygen atoms in total. The lowest BCUT2D eigenvalue weighted by Gasteiger charge is -2.35. The molecule has 1 amide bonds. The fourth-order valence-electron chi connectivity index (χ4n) is 3.72. The summed E-state index contributed by atoms with van der Waals surface area (Å²) in [7, 11) is 1.83. The number of aromatic nitrogens is 1. The molecule has 4 rings (SSSR count). The van der Waals surface area contributed by atoms with E-state index >= 15 is 0 Å². The number of nitrogens with zero attached hydrogens (tertiary/aromatic N) is 4. The van der Waals surface area contributed by atoms with Crippen molar-refractivity contribution in [2.45, 2.75) is 20.0 Å². The monoisotopic (exact) mass is 420 g/mol. The van der Waals surface area contributed by atoms with Gasteiger partial charge in [0.05, 0.1) is 6.54 Å². The second-order valence-corrected chi connectivity index (χ2v) is 8.81. The van der Waals surface area contributed by atoms with Crippen LogP contribution < -0.4 is 4.90 Å². The molecule has 1 aromatic heterocycles. The number of aryl methyl sites for hydroxylation is 1. The molecule has 1 aliphatic heterocycles. The first kappa shape index (κ1) is 20.6. The zero-order valence-corrected chi connectivity index (χ0v) is 18.4. The number of carbonyl (C=O) groups is 1. The third-order valence-corrected chi connectivity index (χ3v) is 6.34. The van der Waals surface area contributed by atoms with Gasteiger partial charge in [-0.05, 0) is 24.6 Å². The minimum absolute atomic E-state index is 0.0226. The third-order valence-electron chi connectivity index (χ3n) is 5.51. The van der Waals surface area contributed by atoms with E-state index in [1.54, 1.807) is 16.2 Å². The topological polar surface area (TPSA) is 39.7 Å². The van der Waals surface area contributed by atoms with Crippen LogP contribution in [0.4, 0.5) is 5.69 Å². The van der Waals surface area contributed by atoms with E-state index in [9.17, 15) is 4.79 Å². The van der Waals surface area contributed by atoms with E-state index in [1.807, 2.05) is 42.8 Å². The minimum Gasteiger partial charge on any atom is -0.369 e. The number of piperazine rings is 1. The first-order valence-electron chi connectivity index (χ1n) is 10.4. The molecule has 0 aliphatic carbocycles. The standard InChI is InChI=1S/C24H28N4OS/c1-19-8-10-21(11-9-19)28-14-12-27(13-15-28)17-23-25-22(18-30-23)24(29)26(2)16-20-6-4-3-5-7-20/h3-11,18H,12-17H2,1-2H3. The first-order chi connectivity index (χ1) is 14.6. The molecule has 6 heteroatoms. The summed E-state index contributed by atoms with van der Waals surface area (Å²) in [6.45, 7) is 7.55. The van der Waals surface area contributed by atoms with Crippen LogP contribution in [0.25, 0.3) is 0 Å². The van der Waals surface area contributed by atoms with Crippen molar-refractivity contribution in [3.05, 3.63) is 81.8 Å². The Morgan fingerprint density at radius 3 is 2.43 bits per heavy atom. The van der Waals surface area contributed by atoms with Crippen molar-refractivity contribution in [3.63, 3.8) is 0 Å². The van der Waals surface area contributed by atoms with Crippen molar-refractivity contribution in [2.75, 3.05) is 38.1 Å². The van der Waals surface area contributed by atoms with Gasteiger partial charge in [-0.1, -0.05) is 48.0 Å². The number of rotatable bonds is 6. The second kappa shape index (κ2) is 9.41. The molecular formula is C24H28N4OS. The van der Waals surface area contributed by atoms with Gasteiger partial charge in [-0.15, -0.1) is 11.3 Å². The zero-order chi connectivity index (χ0) is 20.9. The highest BCUT2D eigenvalue weighted by Gasteiger charge is 2.20. The molecule has 0 unspecified atom stereocenters. The fourth-order valence-corrected chi connectivity index (χ4v) is 4.53. The number of benzene rings is 2. The van der Waals surface area contributed by atoms with Crippen LogP contribution in [0, 0.1) is 6.92 Å². The predicted molar refractivity (Wildman–Crippen MR) is 123 cm³/mol. The summed E-state index contributed by atoms with van der Waals surface area (Å²) in [4.78, 5) is 23.9. The molecule has 1 aliphatic rings. The molecule has 1 fully saturated rings. The summed E-state index contributed by atoms with van der Waals surface area (Å²) in [6, 6.07) is 18.8. The summed E-state index contributed by atoms with van der Waals surface area (Å²) < 4.78 is 0. The summed E-state index contributed by atoms with van der Waals surface area (Å²) in [6.07, 6.45) is 0. The molecule has 1 saturated heterocycles. The van der Waals surface area contributed by atoms with Crippen molar-refractivity contribution in [3.8, 4) is 0 Å². The maximum absolute atomic E-state index is 12.7. The van der Waals surface area contributed by atoms with Gasteiger partial charge in [-0.2, -0.15) is 0 Å². The van der Waals surface area contributed by atoms with Crippen molar-refractivity contribution in [2.24, 2.45) is 0 Å². The predicted octanol–water partition coefficient (Wildman–Crippen LogP) is 4.05. The Kier molecular flexibility index (Phi) is 6.45. The number of carbonyl (C=O) groups excluding carboxylic acids is 1. The molecule has 30 heavy (non-hydrogen) atoms. The number of hydrogen-bond acceptors (Lipinski definition) is 5. The molecule has 0 spiro atoms. The molecule has 2 aromatic carbocycles. The SMILES string of the molecule is Cc1ccc(N2CCN(Cc3nc(C(=O)N(C)Cc4ccccc4)cs3)CC2)cc1. The van der Waals surface area contributed by atoms with Gasteiger partial charge >= 0.3 is 0 Å². The maximum atomic E-state index is 12.7. The Bertz CT molecular complexity index is 962.